The zero-order valence-electron chi connectivity index (χ0n) is 10.6. The van der Waals surface area contributed by atoms with Crippen molar-refractivity contribution in [1.82, 2.24) is 4.90 Å². The van der Waals surface area contributed by atoms with Gasteiger partial charge in [-0.15, -0.1) is 11.6 Å². The van der Waals surface area contributed by atoms with E-state index in [1.165, 1.54) is 0 Å². The van der Waals surface area contributed by atoms with Gasteiger partial charge >= 0.3 is 0 Å². The van der Waals surface area contributed by atoms with E-state index >= 15 is 0 Å². The number of ether oxygens (including phenoxy) is 1. The van der Waals surface area contributed by atoms with Crippen molar-refractivity contribution in [3.63, 3.8) is 0 Å². The van der Waals surface area contributed by atoms with Crippen molar-refractivity contribution in [1.29, 1.82) is 0 Å². The molecular weight excluding hydrogens is 276 g/mol. The van der Waals surface area contributed by atoms with Gasteiger partial charge < -0.3 is 9.64 Å². The van der Waals surface area contributed by atoms with Gasteiger partial charge in [0.05, 0.1) is 13.2 Å². The maximum absolute atomic E-state index is 12.4. The number of hydrogen-bond donors (Lipinski definition) is 0. The van der Waals surface area contributed by atoms with Crippen LogP contribution in [0.3, 0.4) is 0 Å². The van der Waals surface area contributed by atoms with Gasteiger partial charge in [-0.25, -0.2) is 8.78 Å². The normalized spacial score (nSPS) is 10.6. The molecule has 3 nitrogen and oxygen atoms in total. The first-order chi connectivity index (χ1) is 9.08. The second-order valence-electron chi connectivity index (χ2n) is 3.79. The zero-order chi connectivity index (χ0) is 14.3. The van der Waals surface area contributed by atoms with Gasteiger partial charge in [-0.2, -0.15) is 0 Å². The number of nitrogens with zero attached hydrogens (tertiary/aromatic N) is 1. The number of rotatable bonds is 7. The van der Waals surface area contributed by atoms with E-state index in [0.717, 1.165) is 4.90 Å². The van der Waals surface area contributed by atoms with Crippen molar-refractivity contribution in [2.45, 2.75) is 13.3 Å². The van der Waals surface area contributed by atoms with Crippen LogP contribution in [-0.4, -0.2) is 42.8 Å². The number of carbonyl (C=O) groups is 1. The first-order valence-corrected chi connectivity index (χ1v) is 6.48. The van der Waals surface area contributed by atoms with Crippen molar-refractivity contribution in [3.8, 4) is 5.75 Å². The monoisotopic (exact) mass is 291 g/mol. The van der Waals surface area contributed by atoms with Gasteiger partial charge in [-0.1, -0.05) is 0 Å². The Morgan fingerprint density at radius 3 is 2.47 bits per heavy atom. The number of alkyl halides is 3. The van der Waals surface area contributed by atoms with Crippen molar-refractivity contribution in [3.05, 3.63) is 29.8 Å². The average Bonchev–Trinajstić information content (AvgIpc) is 2.38. The average molecular weight is 292 g/mol. The third kappa shape index (κ3) is 5.03. The number of benzene rings is 1. The van der Waals surface area contributed by atoms with E-state index in [9.17, 15) is 13.6 Å². The van der Waals surface area contributed by atoms with Crippen molar-refractivity contribution in [2.24, 2.45) is 0 Å². The van der Waals surface area contributed by atoms with Gasteiger partial charge in [0.2, 0.25) is 0 Å². The lowest BCUT2D eigenvalue weighted by atomic mass is 10.2. The number of halogens is 3. The lowest BCUT2D eigenvalue weighted by Crippen LogP contribution is -2.36. The van der Waals surface area contributed by atoms with E-state index in [4.69, 9.17) is 16.3 Å². The Morgan fingerprint density at radius 2 is 2.00 bits per heavy atom. The Kier molecular flexibility index (Phi) is 6.56. The summed E-state index contributed by atoms with van der Waals surface area (Å²) >= 11 is 5.52. The molecule has 1 aromatic rings. The standard InChI is InChI=1S/C13H16ClF2NO2/c1-2-19-11-5-3-10(4-6-11)13(18)17(8-7-14)9-12(15)16/h3-6,12H,2,7-9H2,1H3. The molecule has 0 fully saturated rings. The molecule has 0 aromatic heterocycles. The van der Waals surface area contributed by atoms with Crippen molar-refractivity contribution in [2.75, 3.05) is 25.6 Å². The van der Waals surface area contributed by atoms with Crippen LogP contribution in [-0.2, 0) is 0 Å². The van der Waals surface area contributed by atoms with Crippen LogP contribution in [0.1, 0.15) is 17.3 Å². The van der Waals surface area contributed by atoms with E-state index in [-0.39, 0.29) is 12.4 Å². The Morgan fingerprint density at radius 1 is 1.37 bits per heavy atom. The van der Waals surface area contributed by atoms with Crippen LogP contribution in [0.4, 0.5) is 8.78 Å². The van der Waals surface area contributed by atoms with Gasteiger partial charge in [-0.3, -0.25) is 4.79 Å². The maximum atomic E-state index is 12.4. The van der Waals surface area contributed by atoms with E-state index in [1.54, 1.807) is 24.3 Å². The number of hydrogen-bond acceptors (Lipinski definition) is 2. The van der Waals surface area contributed by atoms with Gasteiger partial charge in [0, 0.05) is 18.0 Å². The second kappa shape index (κ2) is 7.94. The molecule has 0 aliphatic rings. The van der Waals surface area contributed by atoms with Crippen molar-refractivity contribution < 1.29 is 18.3 Å². The Bertz CT molecular complexity index is 398. The van der Waals surface area contributed by atoms with Crippen LogP contribution >= 0.6 is 11.6 Å². The maximum Gasteiger partial charge on any atom is 0.255 e. The Labute approximate surface area is 116 Å². The number of amides is 1. The highest BCUT2D eigenvalue weighted by Gasteiger charge is 2.19. The summed E-state index contributed by atoms with van der Waals surface area (Å²) < 4.78 is 30.0. The topological polar surface area (TPSA) is 29.5 Å². The fourth-order valence-electron chi connectivity index (χ4n) is 1.59. The number of carbonyl (C=O) groups excluding carboxylic acids is 1. The molecule has 0 N–H and O–H groups in total. The lowest BCUT2D eigenvalue weighted by Gasteiger charge is -2.21. The molecular formula is C13H16ClF2NO2. The highest BCUT2D eigenvalue weighted by molar-refractivity contribution is 6.18. The van der Waals surface area contributed by atoms with Crippen LogP contribution in [0.25, 0.3) is 0 Å². The molecule has 0 saturated heterocycles. The van der Waals surface area contributed by atoms with Crippen LogP contribution in [0, 0.1) is 0 Å². The molecule has 0 aliphatic carbocycles. The third-order valence-corrected chi connectivity index (χ3v) is 2.58. The zero-order valence-corrected chi connectivity index (χ0v) is 11.4. The van der Waals surface area contributed by atoms with Gasteiger partial charge in [0.15, 0.2) is 0 Å². The molecule has 1 rings (SSSR count). The van der Waals surface area contributed by atoms with Crippen LogP contribution in [0.5, 0.6) is 5.75 Å². The summed E-state index contributed by atoms with van der Waals surface area (Å²) in [5.41, 5.74) is 0.342. The summed E-state index contributed by atoms with van der Waals surface area (Å²) in [5.74, 6) is 0.302. The quantitative estimate of drug-likeness (QED) is 0.723. The molecule has 0 unspecified atom stereocenters. The highest BCUT2D eigenvalue weighted by atomic mass is 35.5. The molecule has 19 heavy (non-hydrogen) atoms. The molecule has 106 valence electrons. The highest BCUT2D eigenvalue weighted by Crippen LogP contribution is 2.14. The SMILES string of the molecule is CCOc1ccc(C(=O)N(CCCl)CC(F)F)cc1. The largest absolute Gasteiger partial charge is 0.494 e. The van der Waals surface area contributed by atoms with Crippen LogP contribution < -0.4 is 4.74 Å². The van der Waals surface area contributed by atoms with Gasteiger partial charge in [0.25, 0.3) is 12.3 Å². The molecule has 1 amide bonds. The first kappa shape index (κ1) is 15.7. The predicted molar refractivity (Wildman–Crippen MR) is 70.2 cm³/mol. The predicted octanol–water partition coefficient (Wildman–Crippen LogP) is 3.03. The Balaban J connectivity index is 2.77. The summed E-state index contributed by atoms with van der Waals surface area (Å²) in [6.07, 6.45) is -2.57. The fourth-order valence-corrected chi connectivity index (χ4v) is 1.79. The molecule has 0 atom stereocenters. The Hall–Kier alpha value is -1.36. The van der Waals surface area contributed by atoms with E-state index in [1.807, 2.05) is 6.92 Å². The molecule has 0 heterocycles. The molecule has 0 bridgehead atoms. The van der Waals surface area contributed by atoms with E-state index in [0.29, 0.717) is 17.9 Å². The van der Waals surface area contributed by atoms with E-state index < -0.39 is 18.9 Å². The molecule has 0 saturated carbocycles. The summed E-state index contributed by atoms with van der Waals surface area (Å²) in [7, 11) is 0. The summed E-state index contributed by atoms with van der Waals surface area (Å²) in [6, 6.07) is 6.38. The first-order valence-electron chi connectivity index (χ1n) is 5.94. The molecule has 1 aromatic carbocycles. The fraction of sp³-hybridized carbons (Fsp3) is 0.462. The lowest BCUT2D eigenvalue weighted by molar-refractivity contribution is 0.0571. The second-order valence-corrected chi connectivity index (χ2v) is 4.17. The van der Waals surface area contributed by atoms with Crippen LogP contribution in [0.15, 0.2) is 24.3 Å². The van der Waals surface area contributed by atoms with Gasteiger partial charge in [-0.05, 0) is 31.2 Å². The minimum Gasteiger partial charge on any atom is -0.494 e. The minimum absolute atomic E-state index is 0.0952. The summed E-state index contributed by atoms with van der Waals surface area (Å²) in [4.78, 5) is 13.1. The van der Waals surface area contributed by atoms with E-state index in [2.05, 4.69) is 0 Å². The smallest absolute Gasteiger partial charge is 0.255 e. The van der Waals surface area contributed by atoms with Crippen LogP contribution in [0.2, 0.25) is 0 Å². The van der Waals surface area contributed by atoms with Crippen molar-refractivity contribution >= 4 is 17.5 Å². The molecule has 0 spiro atoms. The molecule has 0 aliphatic heterocycles. The van der Waals surface area contributed by atoms with Gasteiger partial charge in [0.1, 0.15) is 5.75 Å². The molecule has 6 heteroatoms. The summed E-state index contributed by atoms with van der Waals surface area (Å²) in [5, 5.41) is 0. The third-order valence-electron chi connectivity index (χ3n) is 2.41. The summed E-state index contributed by atoms with van der Waals surface area (Å²) in [6.45, 7) is 1.86. The molecule has 0 radical (unpaired) electrons. The minimum atomic E-state index is -2.57.